The van der Waals surface area contributed by atoms with Crippen molar-refractivity contribution in [1.82, 2.24) is 10.2 Å². The average molecular weight is 365 g/mol. The Bertz CT molecular complexity index is 728. The summed E-state index contributed by atoms with van der Waals surface area (Å²) in [4.78, 5) is 14.6. The van der Waals surface area contributed by atoms with Gasteiger partial charge < -0.3 is 10.2 Å². The fourth-order valence-electron chi connectivity index (χ4n) is 2.77. The molecule has 1 fully saturated rings. The Morgan fingerprint density at radius 1 is 1.17 bits per heavy atom. The van der Waals surface area contributed by atoms with Crippen molar-refractivity contribution in [1.29, 1.82) is 0 Å². The zero-order chi connectivity index (χ0) is 17.1. The zero-order valence-electron chi connectivity index (χ0n) is 13.3. The fraction of sp³-hybridized carbons (Fsp3) is 0.353. The van der Waals surface area contributed by atoms with Gasteiger partial charge in [0.25, 0.3) is 0 Å². The summed E-state index contributed by atoms with van der Waals surface area (Å²) < 4.78 is 0. The van der Waals surface area contributed by atoms with Crippen LogP contribution in [0.2, 0.25) is 10.0 Å². The summed E-state index contributed by atoms with van der Waals surface area (Å²) in [6.45, 7) is 3.46. The SMILES string of the molecule is Cc1ccc(N2CCC(C(=O)Nc3cccc(Cl)c3Cl)CC2)nn1. The van der Waals surface area contributed by atoms with Crippen LogP contribution in [0.3, 0.4) is 0 Å². The number of nitrogens with zero attached hydrogens (tertiary/aromatic N) is 3. The molecule has 0 atom stereocenters. The number of nitrogens with one attached hydrogen (secondary N) is 1. The molecule has 0 saturated carbocycles. The van der Waals surface area contributed by atoms with Crippen LogP contribution in [-0.2, 0) is 4.79 Å². The second kappa shape index (κ2) is 7.36. The van der Waals surface area contributed by atoms with E-state index in [2.05, 4.69) is 20.4 Å². The monoisotopic (exact) mass is 364 g/mol. The molecule has 0 bridgehead atoms. The quantitative estimate of drug-likeness (QED) is 0.895. The molecule has 7 heteroatoms. The van der Waals surface area contributed by atoms with Crippen LogP contribution in [0.1, 0.15) is 18.5 Å². The summed E-state index contributed by atoms with van der Waals surface area (Å²) in [5.74, 6) is 0.792. The molecule has 24 heavy (non-hydrogen) atoms. The van der Waals surface area contributed by atoms with E-state index in [1.165, 1.54) is 0 Å². The number of piperidine rings is 1. The van der Waals surface area contributed by atoms with Gasteiger partial charge in [-0.05, 0) is 44.0 Å². The number of hydrogen-bond donors (Lipinski definition) is 1. The molecule has 1 saturated heterocycles. The molecule has 2 heterocycles. The Labute approximate surface area is 151 Å². The number of aromatic nitrogens is 2. The molecular weight excluding hydrogens is 347 g/mol. The number of benzene rings is 1. The van der Waals surface area contributed by atoms with Crippen molar-refractivity contribution >= 4 is 40.6 Å². The minimum atomic E-state index is -0.0466. The summed E-state index contributed by atoms with van der Waals surface area (Å²) in [7, 11) is 0. The van der Waals surface area contributed by atoms with Crippen LogP contribution in [0.5, 0.6) is 0 Å². The molecule has 0 unspecified atom stereocenters. The largest absolute Gasteiger partial charge is 0.355 e. The Balaban J connectivity index is 1.59. The van der Waals surface area contributed by atoms with Gasteiger partial charge in [-0.2, -0.15) is 5.10 Å². The lowest BCUT2D eigenvalue weighted by molar-refractivity contribution is -0.120. The van der Waals surface area contributed by atoms with Crippen LogP contribution in [-0.4, -0.2) is 29.2 Å². The number of carbonyl (C=O) groups is 1. The molecule has 126 valence electrons. The number of rotatable bonds is 3. The molecule has 3 rings (SSSR count). The highest BCUT2D eigenvalue weighted by Crippen LogP contribution is 2.30. The minimum absolute atomic E-state index is 0.0196. The van der Waals surface area contributed by atoms with Crippen LogP contribution < -0.4 is 10.2 Å². The maximum atomic E-state index is 12.5. The van der Waals surface area contributed by atoms with Crippen LogP contribution >= 0.6 is 23.2 Å². The normalized spacial score (nSPS) is 15.4. The van der Waals surface area contributed by atoms with E-state index >= 15 is 0 Å². The van der Waals surface area contributed by atoms with E-state index in [4.69, 9.17) is 23.2 Å². The first-order chi connectivity index (χ1) is 11.5. The Morgan fingerprint density at radius 3 is 2.58 bits per heavy atom. The highest BCUT2D eigenvalue weighted by molar-refractivity contribution is 6.44. The third kappa shape index (κ3) is 3.79. The number of halogens is 2. The van der Waals surface area contributed by atoms with Crippen molar-refractivity contribution in [2.45, 2.75) is 19.8 Å². The van der Waals surface area contributed by atoms with Crippen molar-refractivity contribution in [2.75, 3.05) is 23.3 Å². The zero-order valence-corrected chi connectivity index (χ0v) is 14.8. The Kier molecular flexibility index (Phi) is 5.21. The molecule has 1 aliphatic rings. The van der Waals surface area contributed by atoms with Crippen molar-refractivity contribution in [2.24, 2.45) is 5.92 Å². The van der Waals surface area contributed by atoms with Gasteiger partial charge in [0.2, 0.25) is 5.91 Å². The van der Waals surface area contributed by atoms with Crippen LogP contribution in [0, 0.1) is 12.8 Å². The molecule has 5 nitrogen and oxygen atoms in total. The van der Waals surface area contributed by atoms with Gasteiger partial charge in [0.15, 0.2) is 5.82 Å². The maximum Gasteiger partial charge on any atom is 0.227 e. The molecule has 1 aromatic heterocycles. The first-order valence-corrected chi connectivity index (χ1v) is 8.60. The van der Waals surface area contributed by atoms with Gasteiger partial charge in [-0.25, -0.2) is 0 Å². The first-order valence-electron chi connectivity index (χ1n) is 7.85. The average Bonchev–Trinajstić information content (AvgIpc) is 2.60. The van der Waals surface area contributed by atoms with Crippen molar-refractivity contribution in [3.63, 3.8) is 0 Å². The molecule has 0 spiro atoms. The van der Waals surface area contributed by atoms with E-state index in [0.29, 0.717) is 15.7 Å². The van der Waals surface area contributed by atoms with Crippen molar-refractivity contribution < 1.29 is 4.79 Å². The summed E-state index contributed by atoms with van der Waals surface area (Å²) in [6, 6.07) is 9.13. The molecule has 1 N–H and O–H groups in total. The molecule has 1 aliphatic heterocycles. The Hall–Kier alpha value is -1.85. The van der Waals surface area contributed by atoms with Gasteiger partial charge in [0.1, 0.15) is 0 Å². The third-order valence-electron chi connectivity index (χ3n) is 4.18. The fourth-order valence-corrected chi connectivity index (χ4v) is 3.11. The van der Waals surface area contributed by atoms with Crippen LogP contribution in [0.25, 0.3) is 0 Å². The lowest BCUT2D eigenvalue weighted by Crippen LogP contribution is -2.38. The van der Waals surface area contributed by atoms with Crippen LogP contribution in [0.4, 0.5) is 11.5 Å². The predicted molar refractivity (Wildman–Crippen MR) is 96.8 cm³/mol. The highest BCUT2D eigenvalue weighted by atomic mass is 35.5. The molecule has 2 aromatic rings. The third-order valence-corrected chi connectivity index (χ3v) is 5.00. The second-order valence-corrected chi connectivity index (χ2v) is 6.67. The molecule has 1 aromatic carbocycles. The number of anilines is 2. The lowest BCUT2D eigenvalue weighted by Gasteiger charge is -2.31. The summed E-state index contributed by atoms with van der Waals surface area (Å²) >= 11 is 12.1. The van der Waals surface area contributed by atoms with Gasteiger partial charge in [0, 0.05) is 19.0 Å². The van der Waals surface area contributed by atoms with Crippen LogP contribution in [0.15, 0.2) is 30.3 Å². The van der Waals surface area contributed by atoms with Gasteiger partial charge in [-0.1, -0.05) is 29.3 Å². The van der Waals surface area contributed by atoms with Gasteiger partial charge in [-0.3, -0.25) is 4.79 Å². The van der Waals surface area contributed by atoms with Crippen molar-refractivity contribution in [3.8, 4) is 0 Å². The summed E-state index contributed by atoms with van der Waals surface area (Å²) in [5, 5.41) is 12.0. The van der Waals surface area contributed by atoms with E-state index in [0.717, 1.165) is 37.4 Å². The number of carbonyl (C=O) groups excluding carboxylic acids is 1. The molecule has 0 radical (unpaired) electrons. The standard InChI is InChI=1S/C17H18Cl2N4O/c1-11-5-6-15(22-21-11)23-9-7-12(8-10-23)17(24)20-14-4-2-3-13(18)16(14)19/h2-6,12H,7-10H2,1H3,(H,20,24). The molecule has 1 amide bonds. The van der Waals surface area contributed by atoms with E-state index in [9.17, 15) is 4.79 Å². The summed E-state index contributed by atoms with van der Waals surface area (Å²) in [6.07, 6.45) is 1.53. The van der Waals surface area contributed by atoms with E-state index in [-0.39, 0.29) is 11.8 Å². The number of hydrogen-bond acceptors (Lipinski definition) is 4. The first kappa shape index (κ1) is 17.0. The van der Waals surface area contributed by atoms with Gasteiger partial charge >= 0.3 is 0 Å². The predicted octanol–water partition coefficient (Wildman–Crippen LogP) is 3.95. The molecule has 0 aliphatic carbocycles. The van der Waals surface area contributed by atoms with Crippen molar-refractivity contribution in [3.05, 3.63) is 46.1 Å². The second-order valence-electron chi connectivity index (χ2n) is 5.88. The van der Waals surface area contributed by atoms with E-state index < -0.39 is 0 Å². The van der Waals surface area contributed by atoms with E-state index in [1.807, 2.05) is 19.1 Å². The lowest BCUT2D eigenvalue weighted by atomic mass is 9.96. The maximum absolute atomic E-state index is 12.5. The van der Waals surface area contributed by atoms with E-state index in [1.54, 1.807) is 18.2 Å². The minimum Gasteiger partial charge on any atom is -0.355 e. The topological polar surface area (TPSA) is 58.1 Å². The highest BCUT2D eigenvalue weighted by Gasteiger charge is 2.26. The number of aryl methyl sites for hydroxylation is 1. The summed E-state index contributed by atoms with van der Waals surface area (Å²) in [5.41, 5.74) is 1.45. The smallest absolute Gasteiger partial charge is 0.227 e. The van der Waals surface area contributed by atoms with Gasteiger partial charge in [0.05, 0.1) is 21.4 Å². The molecular formula is C17H18Cl2N4O. The number of amides is 1. The van der Waals surface area contributed by atoms with Gasteiger partial charge in [-0.15, -0.1) is 5.10 Å². The Morgan fingerprint density at radius 2 is 1.92 bits per heavy atom.